The minimum Gasteiger partial charge on any atom is -0.359 e. The minimum atomic E-state index is -4.37. The van der Waals surface area contributed by atoms with Crippen LogP contribution in [0.1, 0.15) is 21.5 Å². The first-order valence-electron chi connectivity index (χ1n) is 11.7. The summed E-state index contributed by atoms with van der Waals surface area (Å²) in [6.07, 6.45) is 5.51. The van der Waals surface area contributed by atoms with Crippen molar-refractivity contribution in [3.63, 3.8) is 0 Å². The van der Waals surface area contributed by atoms with Crippen LogP contribution >= 0.6 is 34.2 Å². The van der Waals surface area contributed by atoms with Crippen LogP contribution in [0.3, 0.4) is 0 Å². The molecular formula is C28H20ClFIN3O4S. The van der Waals surface area contributed by atoms with Crippen LogP contribution in [0.15, 0.2) is 93.7 Å². The number of benzene rings is 3. The number of H-pyrrole nitrogens is 1. The monoisotopic (exact) mass is 675 g/mol. The first kappa shape index (κ1) is 27.2. The highest BCUT2D eigenvalue weighted by molar-refractivity contribution is 14.1. The minimum absolute atomic E-state index is 0.00655. The van der Waals surface area contributed by atoms with Crippen molar-refractivity contribution in [2.45, 2.75) is 22.7 Å². The predicted molar refractivity (Wildman–Crippen MR) is 158 cm³/mol. The number of fused-ring (bicyclic) bond motifs is 1. The van der Waals surface area contributed by atoms with Crippen molar-refractivity contribution in [2.75, 3.05) is 0 Å². The third kappa shape index (κ3) is 5.28. The van der Waals surface area contributed by atoms with Crippen LogP contribution in [0.4, 0.5) is 4.39 Å². The molecule has 0 spiro atoms. The number of hydrogen-bond donors (Lipinski definition) is 2. The summed E-state index contributed by atoms with van der Waals surface area (Å²) in [6.45, 7) is 0.127. The van der Waals surface area contributed by atoms with Crippen molar-refractivity contribution in [1.82, 2.24) is 10.3 Å². The second-order valence-corrected chi connectivity index (χ2v) is 12.8. The summed E-state index contributed by atoms with van der Waals surface area (Å²) >= 11 is 8.02. The van der Waals surface area contributed by atoms with Crippen LogP contribution in [0.25, 0.3) is 10.9 Å². The quantitative estimate of drug-likeness (QED) is 0.263. The lowest BCUT2D eigenvalue weighted by Gasteiger charge is -2.25. The molecule has 7 nitrogen and oxygen atoms in total. The van der Waals surface area contributed by atoms with Crippen LogP contribution in [0.5, 0.6) is 0 Å². The van der Waals surface area contributed by atoms with Gasteiger partial charge in [-0.2, -0.15) is 0 Å². The average Bonchev–Trinajstić information content (AvgIpc) is 3.38. The van der Waals surface area contributed by atoms with Gasteiger partial charge in [0, 0.05) is 34.0 Å². The zero-order valence-electron chi connectivity index (χ0n) is 20.1. The summed E-state index contributed by atoms with van der Waals surface area (Å²) in [6, 6.07) is 15.9. The molecule has 1 atom stereocenters. The predicted octanol–water partition coefficient (Wildman–Crippen LogP) is 5.21. The van der Waals surface area contributed by atoms with Gasteiger partial charge in [-0.05, 0) is 82.3 Å². The largest absolute Gasteiger partial charge is 0.359 e. The molecule has 0 saturated heterocycles. The molecule has 0 radical (unpaired) electrons. The number of aromatic amines is 1. The number of sulfone groups is 1. The van der Waals surface area contributed by atoms with Crippen LogP contribution in [0.2, 0.25) is 5.02 Å². The number of hydrogen-bond acceptors (Lipinski definition) is 5. The fraction of sp³-hybridized carbons (Fsp3) is 0.107. The lowest BCUT2D eigenvalue weighted by atomic mass is 10.1. The maximum absolute atomic E-state index is 14.8. The highest BCUT2D eigenvalue weighted by Gasteiger charge is 2.45. The second-order valence-electron chi connectivity index (χ2n) is 8.96. The molecule has 1 aliphatic rings. The van der Waals surface area contributed by atoms with Crippen molar-refractivity contribution in [3.05, 3.63) is 120 Å². The molecule has 4 aromatic rings. The molecule has 0 bridgehead atoms. The van der Waals surface area contributed by atoms with Gasteiger partial charge < -0.3 is 10.3 Å². The molecule has 39 heavy (non-hydrogen) atoms. The topological polar surface area (TPSA) is 108 Å². The summed E-state index contributed by atoms with van der Waals surface area (Å²) in [5, 5.41) is 2.92. The zero-order valence-corrected chi connectivity index (χ0v) is 23.8. The Bertz CT molecular complexity index is 1820. The fourth-order valence-corrected chi connectivity index (χ4v) is 7.05. The molecule has 2 heterocycles. The maximum Gasteiger partial charge on any atom is 0.257 e. The summed E-state index contributed by atoms with van der Waals surface area (Å²) in [5.74, 6) is -1.62. The first-order valence-corrected chi connectivity index (χ1v) is 14.6. The third-order valence-electron chi connectivity index (χ3n) is 6.37. The molecule has 0 saturated carbocycles. The Balaban J connectivity index is 1.54. The van der Waals surface area contributed by atoms with E-state index in [1.54, 1.807) is 30.3 Å². The van der Waals surface area contributed by atoms with Gasteiger partial charge in [0.25, 0.3) is 5.91 Å². The molecule has 198 valence electrons. The van der Waals surface area contributed by atoms with Gasteiger partial charge in [-0.15, -0.1) is 0 Å². The number of carbonyl (C=O) groups excluding carboxylic acids is 1. The number of amides is 1. The summed E-state index contributed by atoms with van der Waals surface area (Å²) in [4.78, 5) is 31.0. The summed E-state index contributed by atoms with van der Waals surface area (Å²) in [5.41, 5.74) is 0.298. The van der Waals surface area contributed by atoms with Crippen molar-refractivity contribution in [1.29, 1.82) is 0 Å². The normalized spacial score (nSPS) is 16.6. The maximum atomic E-state index is 14.8. The van der Waals surface area contributed by atoms with Crippen LogP contribution in [0, 0.1) is 9.39 Å². The molecule has 1 aliphatic heterocycles. The number of aliphatic imine (C=N–C) groups is 1. The molecule has 0 fully saturated rings. The van der Waals surface area contributed by atoms with Gasteiger partial charge in [0.2, 0.25) is 15.3 Å². The van der Waals surface area contributed by atoms with Crippen molar-refractivity contribution >= 4 is 67.1 Å². The van der Waals surface area contributed by atoms with Gasteiger partial charge in [-0.3, -0.25) is 14.6 Å². The molecule has 1 aromatic heterocycles. The molecular weight excluding hydrogens is 656 g/mol. The van der Waals surface area contributed by atoms with Gasteiger partial charge in [0.15, 0.2) is 4.87 Å². The highest BCUT2D eigenvalue weighted by atomic mass is 127. The highest BCUT2D eigenvalue weighted by Crippen LogP contribution is 2.37. The Morgan fingerprint density at radius 2 is 1.87 bits per heavy atom. The van der Waals surface area contributed by atoms with E-state index in [9.17, 15) is 22.4 Å². The van der Waals surface area contributed by atoms with Crippen molar-refractivity contribution in [3.8, 4) is 0 Å². The lowest BCUT2D eigenvalue weighted by molar-refractivity contribution is 0.0949. The van der Waals surface area contributed by atoms with Gasteiger partial charge in [-0.25, -0.2) is 12.8 Å². The van der Waals surface area contributed by atoms with E-state index < -0.39 is 36.8 Å². The van der Waals surface area contributed by atoms with E-state index in [4.69, 9.17) is 11.6 Å². The van der Waals surface area contributed by atoms with E-state index in [1.165, 1.54) is 18.4 Å². The van der Waals surface area contributed by atoms with Gasteiger partial charge in [0.1, 0.15) is 11.4 Å². The van der Waals surface area contributed by atoms with Crippen molar-refractivity contribution < 1.29 is 17.6 Å². The summed E-state index contributed by atoms with van der Waals surface area (Å²) in [7, 11) is -4.37. The molecule has 3 aromatic carbocycles. The van der Waals surface area contributed by atoms with Gasteiger partial charge in [-0.1, -0.05) is 35.9 Å². The van der Waals surface area contributed by atoms with E-state index in [1.807, 2.05) is 18.2 Å². The SMILES string of the molecule is O=C(NCc1ccc(Cl)cc1)c1c[nH]c2c(S(=O)(=O)C3(Cc4cccc(I)c4)C=CC=N3)cc(F)cc2c1=O. The molecule has 1 unspecified atom stereocenters. The molecule has 0 aliphatic carbocycles. The smallest absolute Gasteiger partial charge is 0.257 e. The Morgan fingerprint density at radius 1 is 1.10 bits per heavy atom. The Hall–Kier alpha value is -3.35. The number of carbonyl (C=O) groups is 1. The number of aromatic nitrogens is 1. The number of nitrogens with zero attached hydrogens (tertiary/aromatic N) is 1. The zero-order chi connectivity index (χ0) is 27.8. The number of nitrogens with one attached hydrogen (secondary N) is 2. The van der Waals surface area contributed by atoms with Crippen LogP contribution < -0.4 is 10.7 Å². The molecule has 11 heteroatoms. The first-order chi connectivity index (χ1) is 18.6. The Morgan fingerprint density at radius 3 is 2.56 bits per heavy atom. The van der Waals surface area contributed by atoms with E-state index in [0.717, 1.165) is 33.0 Å². The lowest BCUT2D eigenvalue weighted by Crippen LogP contribution is -2.36. The number of halogens is 3. The van der Waals surface area contributed by atoms with Crippen molar-refractivity contribution in [2.24, 2.45) is 4.99 Å². The van der Waals surface area contributed by atoms with E-state index >= 15 is 0 Å². The Kier molecular flexibility index (Phi) is 7.45. The van der Waals surface area contributed by atoms with Crippen LogP contribution in [-0.4, -0.2) is 30.4 Å². The second kappa shape index (κ2) is 10.7. The number of rotatable bonds is 7. The fourth-order valence-electron chi connectivity index (χ4n) is 4.42. The molecule has 1 amide bonds. The number of allylic oxidation sites excluding steroid dienone is 1. The van der Waals surface area contributed by atoms with E-state index in [2.05, 4.69) is 37.9 Å². The van der Waals surface area contributed by atoms with Gasteiger partial charge >= 0.3 is 0 Å². The number of pyridine rings is 1. The van der Waals surface area contributed by atoms with E-state index in [-0.39, 0.29) is 29.4 Å². The molecule has 5 rings (SSSR count). The Labute approximate surface area is 241 Å². The average molecular weight is 676 g/mol. The molecule has 2 N–H and O–H groups in total. The summed E-state index contributed by atoms with van der Waals surface area (Å²) < 4.78 is 43.9. The van der Waals surface area contributed by atoms with E-state index in [0.29, 0.717) is 5.02 Å². The van der Waals surface area contributed by atoms with Gasteiger partial charge in [0.05, 0.1) is 15.8 Å². The standard InChI is InChI=1S/C28H20ClFIN3O4S/c29-19-7-5-17(6-8-19)15-33-27(36)23-16-32-25-22(26(23)35)12-20(30)13-24(25)39(37,38)28(9-2-10-34-28)14-18-3-1-4-21(31)11-18/h1-13,16H,14-15H2,(H,32,35)(H,33,36). The third-order valence-corrected chi connectivity index (χ3v) is 9.51. The van der Waals surface area contributed by atoms with Crippen LogP contribution in [-0.2, 0) is 22.8 Å².